The van der Waals surface area contributed by atoms with Gasteiger partial charge in [0.1, 0.15) is 5.52 Å². The standard InChI is InChI=1S/C17H21N7/c1-24-11-13(10-22-24)14-7-15-16(20-6-5-19-15)17(23-14)21-9-12-3-2-4-18-8-12/h5-7,10-12,18H,2-4,8-9H2,1H3,(H,21,23). The fraction of sp³-hybridized carbons (Fsp3) is 0.412. The van der Waals surface area contributed by atoms with E-state index in [9.17, 15) is 0 Å². The Morgan fingerprint density at radius 3 is 3.04 bits per heavy atom. The topological polar surface area (TPSA) is 80.5 Å². The third-order valence-corrected chi connectivity index (χ3v) is 4.41. The highest BCUT2D eigenvalue weighted by Gasteiger charge is 2.15. The molecule has 24 heavy (non-hydrogen) atoms. The zero-order chi connectivity index (χ0) is 16.4. The lowest BCUT2D eigenvalue weighted by atomic mass is 10.00. The van der Waals surface area contributed by atoms with Gasteiger partial charge in [-0.2, -0.15) is 5.10 Å². The van der Waals surface area contributed by atoms with Gasteiger partial charge < -0.3 is 10.6 Å². The molecule has 124 valence electrons. The Morgan fingerprint density at radius 1 is 1.33 bits per heavy atom. The number of rotatable bonds is 4. The quantitative estimate of drug-likeness (QED) is 0.762. The summed E-state index contributed by atoms with van der Waals surface area (Å²) in [5.74, 6) is 1.42. The molecule has 0 amide bonds. The molecule has 4 heterocycles. The molecule has 0 bridgehead atoms. The van der Waals surface area contributed by atoms with Crippen LogP contribution in [-0.4, -0.2) is 44.4 Å². The van der Waals surface area contributed by atoms with Crippen LogP contribution in [0, 0.1) is 5.92 Å². The minimum atomic E-state index is 0.620. The van der Waals surface area contributed by atoms with E-state index < -0.39 is 0 Å². The fourth-order valence-electron chi connectivity index (χ4n) is 3.14. The summed E-state index contributed by atoms with van der Waals surface area (Å²) < 4.78 is 1.78. The Morgan fingerprint density at radius 2 is 2.25 bits per heavy atom. The maximum atomic E-state index is 4.78. The maximum Gasteiger partial charge on any atom is 0.154 e. The molecule has 0 radical (unpaired) electrons. The van der Waals surface area contributed by atoms with Gasteiger partial charge in [0.05, 0.1) is 17.4 Å². The molecule has 2 N–H and O–H groups in total. The zero-order valence-electron chi connectivity index (χ0n) is 13.7. The molecule has 1 aliphatic heterocycles. The summed E-state index contributed by atoms with van der Waals surface area (Å²) in [6, 6.07) is 1.96. The Labute approximate surface area is 140 Å². The number of nitrogens with zero attached hydrogens (tertiary/aromatic N) is 5. The van der Waals surface area contributed by atoms with Gasteiger partial charge in [-0.1, -0.05) is 0 Å². The first kappa shape index (κ1) is 15.0. The van der Waals surface area contributed by atoms with E-state index in [0.717, 1.165) is 47.7 Å². The summed E-state index contributed by atoms with van der Waals surface area (Å²) >= 11 is 0. The lowest BCUT2D eigenvalue weighted by Gasteiger charge is -2.23. The predicted octanol–water partition coefficient (Wildman–Crippen LogP) is 1.84. The summed E-state index contributed by atoms with van der Waals surface area (Å²) in [7, 11) is 1.90. The molecule has 1 saturated heterocycles. The van der Waals surface area contributed by atoms with Crippen LogP contribution in [0.5, 0.6) is 0 Å². The van der Waals surface area contributed by atoms with Crippen molar-refractivity contribution in [1.29, 1.82) is 0 Å². The Kier molecular flexibility index (Phi) is 4.08. The number of aryl methyl sites for hydroxylation is 1. The second-order valence-corrected chi connectivity index (χ2v) is 6.28. The van der Waals surface area contributed by atoms with E-state index in [1.54, 1.807) is 17.1 Å². The molecule has 1 fully saturated rings. The number of aromatic nitrogens is 5. The van der Waals surface area contributed by atoms with Crippen LogP contribution in [0.25, 0.3) is 22.3 Å². The minimum Gasteiger partial charge on any atom is -0.368 e. The first-order valence-corrected chi connectivity index (χ1v) is 8.35. The van der Waals surface area contributed by atoms with Crippen molar-refractivity contribution in [3.8, 4) is 11.3 Å². The predicted molar refractivity (Wildman–Crippen MR) is 93.6 cm³/mol. The van der Waals surface area contributed by atoms with Crippen LogP contribution in [0.15, 0.2) is 30.9 Å². The number of pyridine rings is 1. The van der Waals surface area contributed by atoms with Gasteiger partial charge in [-0.25, -0.2) is 9.97 Å². The highest BCUT2D eigenvalue weighted by atomic mass is 15.2. The molecule has 1 atom stereocenters. The monoisotopic (exact) mass is 323 g/mol. The molecule has 0 spiro atoms. The van der Waals surface area contributed by atoms with Crippen molar-refractivity contribution >= 4 is 16.9 Å². The third-order valence-electron chi connectivity index (χ3n) is 4.41. The highest BCUT2D eigenvalue weighted by molar-refractivity contribution is 5.88. The summed E-state index contributed by atoms with van der Waals surface area (Å²) in [6.45, 7) is 3.07. The number of nitrogens with one attached hydrogen (secondary N) is 2. The van der Waals surface area contributed by atoms with Crippen molar-refractivity contribution in [1.82, 2.24) is 30.0 Å². The molecular formula is C17H21N7. The van der Waals surface area contributed by atoms with E-state index in [1.807, 2.05) is 25.5 Å². The van der Waals surface area contributed by atoms with Crippen molar-refractivity contribution in [2.24, 2.45) is 13.0 Å². The van der Waals surface area contributed by atoms with Crippen LogP contribution in [0.1, 0.15) is 12.8 Å². The van der Waals surface area contributed by atoms with Gasteiger partial charge in [0.25, 0.3) is 0 Å². The Hall–Kier alpha value is -2.54. The van der Waals surface area contributed by atoms with Crippen molar-refractivity contribution in [2.45, 2.75) is 12.8 Å². The van der Waals surface area contributed by atoms with E-state index in [1.165, 1.54) is 12.8 Å². The highest BCUT2D eigenvalue weighted by Crippen LogP contribution is 2.25. The van der Waals surface area contributed by atoms with Crippen LogP contribution in [-0.2, 0) is 7.05 Å². The maximum absolute atomic E-state index is 4.78. The first-order chi connectivity index (χ1) is 11.8. The second kappa shape index (κ2) is 6.52. The van der Waals surface area contributed by atoms with Crippen molar-refractivity contribution < 1.29 is 0 Å². The molecule has 7 heteroatoms. The number of hydrogen-bond donors (Lipinski definition) is 2. The largest absolute Gasteiger partial charge is 0.368 e. The van der Waals surface area contributed by atoms with Crippen molar-refractivity contribution in [3.63, 3.8) is 0 Å². The molecule has 1 unspecified atom stereocenters. The summed E-state index contributed by atoms with van der Waals surface area (Å²) in [5, 5.41) is 11.2. The van der Waals surface area contributed by atoms with Gasteiger partial charge in [-0.15, -0.1) is 0 Å². The molecule has 3 aromatic heterocycles. The van der Waals surface area contributed by atoms with E-state index in [0.29, 0.717) is 5.92 Å². The van der Waals surface area contributed by atoms with Gasteiger partial charge in [-0.3, -0.25) is 9.67 Å². The molecule has 7 nitrogen and oxygen atoms in total. The molecule has 1 aliphatic rings. The molecule has 0 aromatic carbocycles. The number of anilines is 1. The van der Waals surface area contributed by atoms with Crippen molar-refractivity contribution in [2.75, 3.05) is 25.0 Å². The van der Waals surface area contributed by atoms with Crippen LogP contribution in [0.3, 0.4) is 0 Å². The second-order valence-electron chi connectivity index (χ2n) is 6.28. The van der Waals surface area contributed by atoms with Gasteiger partial charge in [-0.05, 0) is 37.9 Å². The van der Waals surface area contributed by atoms with E-state index >= 15 is 0 Å². The lowest BCUT2D eigenvalue weighted by Crippen LogP contribution is -2.33. The first-order valence-electron chi connectivity index (χ1n) is 8.35. The van der Waals surface area contributed by atoms with Crippen LogP contribution in [0.4, 0.5) is 5.82 Å². The normalized spacial score (nSPS) is 18.0. The summed E-state index contributed by atoms with van der Waals surface area (Å²) in [4.78, 5) is 13.7. The third kappa shape index (κ3) is 3.07. The van der Waals surface area contributed by atoms with Crippen LogP contribution < -0.4 is 10.6 Å². The van der Waals surface area contributed by atoms with Gasteiger partial charge in [0.2, 0.25) is 0 Å². The smallest absolute Gasteiger partial charge is 0.154 e. The number of fused-ring (bicyclic) bond motifs is 1. The molecule has 0 saturated carbocycles. The summed E-state index contributed by atoms with van der Waals surface area (Å²) in [5.41, 5.74) is 3.50. The van der Waals surface area contributed by atoms with Crippen molar-refractivity contribution in [3.05, 3.63) is 30.9 Å². The fourth-order valence-corrected chi connectivity index (χ4v) is 3.14. The van der Waals surface area contributed by atoms with Crippen LogP contribution >= 0.6 is 0 Å². The average molecular weight is 323 g/mol. The van der Waals surface area contributed by atoms with E-state index in [4.69, 9.17) is 4.98 Å². The Bertz CT molecular complexity index is 836. The molecule has 3 aromatic rings. The molecule has 0 aliphatic carbocycles. The van der Waals surface area contributed by atoms with Crippen LogP contribution in [0.2, 0.25) is 0 Å². The van der Waals surface area contributed by atoms with Gasteiger partial charge >= 0.3 is 0 Å². The molecular weight excluding hydrogens is 302 g/mol. The molecule has 4 rings (SSSR count). The lowest BCUT2D eigenvalue weighted by molar-refractivity contribution is 0.392. The van der Waals surface area contributed by atoms with E-state index in [-0.39, 0.29) is 0 Å². The minimum absolute atomic E-state index is 0.620. The zero-order valence-corrected chi connectivity index (χ0v) is 13.7. The van der Waals surface area contributed by atoms with Gasteiger partial charge in [0.15, 0.2) is 5.82 Å². The Balaban J connectivity index is 1.66. The van der Waals surface area contributed by atoms with Gasteiger partial charge in [0, 0.05) is 37.7 Å². The number of piperidine rings is 1. The SMILES string of the molecule is Cn1cc(-c2cc3nccnc3c(NCC3CCCNC3)n2)cn1. The average Bonchev–Trinajstić information content (AvgIpc) is 3.07. The van der Waals surface area contributed by atoms with E-state index in [2.05, 4.69) is 25.7 Å². The summed E-state index contributed by atoms with van der Waals surface area (Å²) in [6.07, 6.45) is 9.67. The number of hydrogen-bond acceptors (Lipinski definition) is 6.